The van der Waals surface area contributed by atoms with Crippen molar-refractivity contribution in [3.63, 3.8) is 0 Å². The fraction of sp³-hybridized carbons (Fsp3) is 0.650. The van der Waals surface area contributed by atoms with E-state index in [0.29, 0.717) is 18.0 Å². The number of benzene rings is 1. The number of piperidine rings is 1. The summed E-state index contributed by atoms with van der Waals surface area (Å²) in [5.41, 5.74) is 2.84. The van der Waals surface area contributed by atoms with Crippen molar-refractivity contribution >= 4 is 36.4 Å². The van der Waals surface area contributed by atoms with Gasteiger partial charge in [-0.25, -0.2) is 0 Å². The summed E-state index contributed by atoms with van der Waals surface area (Å²) in [7, 11) is 0. The van der Waals surface area contributed by atoms with Gasteiger partial charge in [0, 0.05) is 43.8 Å². The zero-order valence-electron chi connectivity index (χ0n) is 15.3. The van der Waals surface area contributed by atoms with Crippen LogP contribution in [0.5, 0.6) is 0 Å². The Morgan fingerprint density at radius 2 is 1.88 bits per heavy atom. The zero-order valence-corrected chi connectivity index (χ0v) is 16.9. The van der Waals surface area contributed by atoms with Crippen LogP contribution in [0.1, 0.15) is 44.1 Å². The Morgan fingerprint density at radius 3 is 2.65 bits per heavy atom. The Morgan fingerprint density at radius 1 is 1.15 bits per heavy atom. The molecule has 146 valence electrons. The second-order valence-electron chi connectivity index (χ2n) is 7.75. The fourth-order valence-electron chi connectivity index (χ4n) is 4.81. The zero-order chi connectivity index (χ0) is 16.4. The minimum atomic E-state index is 0. The van der Waals surface area contributed by atoms with Gasteiger partial charge in [-0.2, -0.15) is 0 Å². The Balaban J connectivity index is 0.00000121. The van der Waals surface area contributed by atoms with E-state index in [9.17, 15) is 4.79 Å². The van der Waals surface area contributed by atoms with Crippen LogP contribution in [0, 0.1) is 5.92 Å². The fourth-order valence-corrected chi connectivity index (χ4v) is 4.81. The van der Waals surface area contributed by atoms with E-state index in [4.69, 9.17) is 0 Å². The predicted octanol–water partition coefficient (Wildman–Crippen LogP) is 3.32. The molecule has 3 aliphatic heterocycles. The summed E-state index contributed by atoms with van der Waals surface area (Å²) in [6, 6.07) is 10.0. The molecule has 1 amide bonds. The second-order valence-corrected chi connectivity index (χ2v) is 7.75. The molecular weight excluding hydrogens is 369 g/mol. The number of amides is 1. The Labute approximate surface area is 169 Å². The van der Waals surface area contributed by atoms with Crippen LogP contribution in [0.4, 0.5) is 5.69 Å². The molecule has 1 aromatic rings. The van der Waals surface area contributed by atoms with Crippen LogP contribution in [0.25, 0.3) is 0 Å². The smallest absolute Gasteiger partial charge is 0.220 e. The van der Waals surface area contributed by atoms with Crippen molar-refractivity contribution in [2.45, 2.75) is 57.0 Å². The molecule has 0 aliphatic carbocycles. The van der Waals surface area contributed by atoms with Gasteiger partial charge in [-0.1, -0.05) is 18.2 Å². The minimum Gasteiger partial charge on any atom is -0.371 e. The molecule has 2 N–H and O–H groups in total. The number of fused-ring (bicyclic) bond motifs is 3. The van der Waals surface area contributed by atoms with E-state index < -0.39 is 0 Å². The molecule has 26 heavy (non-hydrogen) atoms. The molecule has 6 heteroatoms. The first kappa shape index (κ1) is 21.3. The minimum absolute atomic E-state index is 0. The predicted molar refractivity (Wildman–Crippen MR) is 112 cm³/mol. The van der Waals surface area contributed by atoms with E-state index in [1.165, 1.54) is 36.9 Å². The molecule has 0 radical (unpaired) electrons. The van der Waals surface area contributed by atoms with Crippen LogP contribution in [0.15, 0.2) is 24.3 Å². The number of rotatable bonds is 6. The topological polar surface area (TPSA) is 44.4 Å². The molecule has 3 aliphatic rings. The highest BCUT2D eigenvalue weighted by atomic mass is 35.5. The van der Waals surface area contributed by atoms with Gasteiger partial charge in [0.15, 0.2) is 0 Å². The first-order chi connectivity index (χ1) is 11.8. The van der Waals surface area contributed by atoms with Crippen molar-refractivity contribution in [1.82, 2.24) is 10.6 Å². The maximum absolute atomic E-state index is 12.2. The van der Waals surface area contributed by atoms with Crippen molar-refractivity contribution in [3.05, 3.63) is 29.8 Å². The molecule has 2 fully saturated rings. The number of hydrogen-bond acceptors (Lipinski definition) is 3. The molecule has 0 aromatic heterocycles. The summed E-state index contributed by atoms with van der Waals surface area (Å²) in [5.74, 6) is 0.845. The summed E-state index contributed by atoms with van der Waals surface area (Å²) in [6.45, 7) is 2.95. The number of carbonyl (C=O) groups is 1. The summed E-state index contributed by atoms with van der Waals surface area (Å²) >= 11 is 0. The van der Waals surface area contributed by atoms with Crippen molar-refractivity contribution in [1.29, 1.82) is 0 Å². The van der Waals surface area contributed by atoms with Gasteiger partial charge < -0.3 is 15.5 Å². The first-order valence-electron chi connectivity index (χ1n) is 9.63. The van der Waals surface area contributed by atoms with Gasteiger partial charge in [0.1, 0.15) is 0 Å². The first-order valence-corrected chi connectivity index (χ1v) is 9.63. The number of carbonyl (C=O) groups excluding carboxylic acids is 1. The van der Waals surface area contributed by atoms with E-state index in [0.717, 1.165) is 38.9 Å². The largest absolute Gasteiger partial charge is 0.371 e. The average molecular weight is 400 g/mol. The van der Waals surface area contributed by atoms with Crippen LogP contribution in [0.3, 0.4) is 0 Å². The lowest BCUT2D eigenvalue weighted by atomic mass is 9.89. The van der Waals surface area contributed by atoms with Crippen molar-refractivity contribution in [3.8, 4) is 0 Å². The van der Waals surface area contributed by atoms with Gasteiger partial charge >= 0.3 is 0 Å². The summed E-state index contributed by atoms with van der Waals surface area (Å²) in [6.07, 6.45) is 7.89. The van der Waals surface area contributed by atoms with Crippen LogP contribution >= 0.6 is 24.8 Å². The SMILES string of the molecule is Cl.Cl.O=C(CC1CC2CCC(C1)N2)NCCCN1CCc2ccccc21. The summed E-state index contributed by atoms with van der Waals surface area (Å²) in [5, 5.41) is 6.79. The third kappa shape index (κ3) is 5.05. The molecule has 0 saturated carbocycles. The quantitative estimate of drug-likeness (QED) is 0.721. The maximum atomic E-state index is 12.2. The van der Waals surface area contributed by atoms with Gasteiger partial charge in [-0.05, 0) is 56.1 Å². The Kier molecular flexibility index (Phi) is 8.05. The summed E-state index contributed by atoms with van der Waals surface area (Å²) < 4.78 is 0. The monoisotopic (exact) mass is 399 g/mol. The van der Waals surface area contributed by atoms with Gasteiger partial charge in [-0.15, -0.1) is 24.8 Å². The molecular formula is C20H31Cl2N3O. The number of anilines is 1. The average Bonchev–Trinajstić information content (AvgIpc) is 3.15. The van der Waals surface area contributed by atoms with E-state index in [2.05, 4.69) is 39.8 Å². The standard InChI is InChI=1S/C20H29N3O.2ClH/c24-20(14-15-12-17-6-7-18(13-15)22-17)21-9-3-10-23-11-8-16-4-1-2-5-19(16)23;;/h1-2,4-5,15,17-18,22H,3,6-14H2,(H,21,24);2*1H. The van der Waals surface area contributed by atoms with Crippen LogP contribution in [-0.4, -0.2) is 37.6 Å². The molecule has 2 unspecified atom stereocenters. The lowest BCUT2D eigenvalue weighted by Gasteiger charge is -2.28. The van der Waals surface area contributed by atoms with Gasteiger partial charge in [0.25, 0.3) is 0 Å². The lowest BCUT2D eigenvalue weighted by Crippen LogP contribution is -2.40. The molecule has 2 saturated heterocycles. The van der Waals surface area contributed by atoms with E-state index >= 15 is 0 Å². The van der Waals surface area contributed by atoms with Crippen LogP contribution in [-0.2, 0) is 11.2 Å². The molecule has 4 rings (SSSR count). The van der Waals surface area contributed by atoms with Crippen molar-refractivity contribution in [2.24, 2.45) is 5.92 Å². The highest BCUT2D eigenvalue weighted by Gasteiger charge is 2.34. The highest BCUT2D eigenvalue weighted by molar-refractivity contribution is 5.85. The molecule has 0 spiro atoms. The lowest BCUT2D eigenvalue weighted by molar-refractivity contribution is -0.122. The van der Waals surface area contributed by atoms with E-state index in [1.807, 2.05) is 0 Å². The summed E-state index contributed by atoms with van der Waals surface area (Å²) in [4.78, 5) is 14.6. The number of hydrogen-bond donors (Lipinski definition) is 2. The number of nitrogens with zero attached hydrogens (tertiary/aromatic N) is 1. The van der Waals surface area contributed by atoms with E-state index in [-0.39, 0.29) is 30.7 Å². The Hall–Kier alpha value is -0.970. The van der Waals surface area contributed by atoms with Crippen molar-refractivity contribution < 1.29 is 4.79 Å². The van der Waals surface area contributed by atoms with Crippen LogP contribution in [0.2, 0.25) is 0 Å². The maximum Gasteiger partial charge on any atom is 0.220 e. The Bertz CT molecular complexity index is 586. The molecule has 2 bridgehead atoms. The van der Waals surface area contributed by atoms with Gasteiger partial charge in [-0.3, -0.25) is 4.79 Å². The molecule has 4 nitrogen and oxygen atoms in total. The van der Waals surface area contributed by atoms with Gasteiger partial charge in [0.05, 0.1) is 0 Å². The number of para-hydroxylation sites is 1. The van der Waals surface area contributed by atoms with Crippen molar-refractivity contribution in [2.75, 3.05) is 24.5 Å². The number of halogens is 2. The van der Waals surface area contributed by atoms with E-state index in [1.54, 1.807) is 0 Å². The second kappa shape index (κ2) is 9.82. The van der Waals surface area contributed by atoms with Gasteiger partial charge in [0.2, 0.25) is 5.91 Å². The molecule has 1 aromatic carbocycles. The molecule has 3 heterocycles. The number of nitrogens with one attached hydrogen (secondary N) is 2. The van der Waals surface area contributed by atoms with Crippen LogP contribution < -0.4 is 15.5 Å². The third-order valence-corrected chi connectivity index (χ3v) is 5.96. The molecule has 2 atom stereocenters. The normalized spacial score (nSPS) is 25.8. The third-order valence-electron chi connectivity index (χ3n) is 5.96. The highest BCUT2D eigenvalue weighted by Crippen LogP contribution is 2.32.